The molecule has 1 aliphatic carbocycles. The Morgan fingerprint density at radius 3 is 2.53 bits per heavy atom. The standard InChI is InChI=1S/C28H39N3O5/c1-3-27-14-15-28(36-27)22(21(27)24(33)29-16-19-10-6-4-7-11-19)26(35)31(18(2)17-32)23(28)25(34)30-20-12-8-5-9-13-20/h4,6-7,10-11,18,20-23,32H,3,5,8-9,12-17H2,1-2H3,(H,29,33)(H,30,34)/t18-,21-,22+,23?,27+,28?/m1/s1. The first-order valence-corrected chi connectivity index (χ1v) is 13.6. The number of benzene rings is 1. The predicted octanol–water partition coefficient (Wildman–Crippen LogP) is 2.29. The van der Waals surface area contributed by atoms with Crippen LogP contribution >= 0.6 is 0 Å². The lowest BCUT2D eigenvalue weighted by molar-refractivity contribution is -0.151. The number of hydrogen-bond donors (Lipinski definition) is 3. The van der Waals surface area contributed by atoms with Gasteiger partial charge in [-0.1, -0.05) is 56.5 Å². The zero-order chi connectivity index (χ0) is 25.5. The molecule has 6 atom stereocenters. The molecule has 3 saturated heterocycles. The Morgan fingerprint density at radius 1 is 1.14 bits per heavy atom. The molecule has 0 aromatic heterocycles. The second-order valence-electron chi connectivity index (χ2n) is 11.2. The highest BCUT2D eigenvalue weighted by molar-refractivity contribution is 5.99. The van der Waals surface area contributed by atoms with Crippen LogP contribution < -0.4 is 10.6 Å². The molecule has 3 amide bonds. The molecular weight excluding hydrogens is 458 g/mol. The van der Waals surface area contributed by atoms with Crippen molar-refractivity contribution in [1.29, 1.82) is 0 Å². The monoisotopic (exact) mass is 497 g/mol. The summed E-state index contributed by atoms with van der Waals surface area (Å²) in [7, 11) is 0. The molecule has 2 unspecified atom stereocenters. The molecular formula is C28H39N3O5. The Hall–Kier alpha value is -2.45. The van der Waals surface area contributed by atoms with Crippen LogP contribution in [0.2, 0.25) is 0 Å². The maximum atomic E-state index is 14.0. The van der Waals surface area contributed by atoms with E-state index in [0.29, 0.717) is 25.8 Å². The molecule has 2 bridgehead atoms. The summed E-state index contributed by atoms with van der Waals surface area (Å²) in [6.07, 6.45) is 6.98. The van der Waals surface area contributed by atoms with Crippen molar-refractivity contribution in [3.63, 3.8) is 0 Å². The fourth-order valence-electron chi connectivity index (χ4n) is 7.34. The number of amides is 3. The van der Waals surface area contributed by atoms with Gasteiger partial charge in [-0.3, -0.25) is 14.4 Å². The lowest BCUT2D eigenvalue weighted by atomic mass is 9.65. The van der Waals surface area contributed by atoms with Crippen LogP contribution in [0.5, 0.6) is 0 Å². The second-order valence-corrected chi connectivity index (χ2v) is 11.2. The van der Waals surface area contributed by atoms with Crippen LogP contribution in [0.1, 0.15) is 70.8 Å². The molecule has 1 aromatic carbocycles. The van der Waals surface area contributed by atoms with Crippen molar-refractivity contribution in [3.05, 3.63) is 35.9 Å². The second kappa shape index (κ2) is 9.78. The van der Waals surface area contributed by atoms with Crippen LogP contribution in [0, 0.1) is 11.8 Å². The highest BCUT2D eigenvalue weighted by Crippen LogP contribution is 2.64. The van der Waals surface area contributed by atoms with Crippen LogP contribution in [0.3, 0.4) is 0 Å². The smallest absolute Gasteiger partial charge is 0.246 e. The highest BCUT2D eigenvalue weighted by Gasteiger charge is 2.78. The minimum Gasteiger partial charge on any atom is -0.394 e. The Morgan fingerprint density at radius 2 is 1.86 bits per heavy atom. The van der Waals surface area contributed by atoms with Gasteiger partial charge in [-0.25, -0.2) is 0 Å². The SMILES string of the molecule is CC[C@@]12CCC3(O1)C(C(=O)NC1CCCCC1)N([C@H](C)CO)C(=O)[C@@H]3[C@@H]2C(=O)NCc1ccccc1. The van der Waals surface area contributed by atoms with Crippen molar-refractivity contribution >= 4 is 17.7 Å². The van der Waals surface area contributed by atoms with Gasteiger partial charge in [0.25, 0.3) is 0 Å². The minimum absolute atomic E-state index is 0.0896. The van der Waals surface area contributed by atoms with E-state index in [2.05, 4.69) is 10.6 Å². The number of hydrogen-bond acceptors (Lipinski definition) is 5. The summed E-state index contributed by atoms with van der Waals surface area (Å²) in [6, 6.07) is 8.37. The average Bonchev–Trinajstić information content (AvgIpc) is 3.51. The van der Waals surface area contributed by atoms with Gasteiger partial charge in [0.15, 0.2) is 0 Å². The van der Waals surface area contributed by atoms with E-state index in [-0.39, 0.29) is 30.4 Å². The maximum absolute atomic E-state index is 14.0. The summed E-state index contributed by atoms with van der Waals surface area (Å²) in [6.45, 7) is 3.86. The van der Waals surface area contributed by atoms with E-state index in [1.807, 2.05) is 37.3 Å². The molecule has 4 fully saturated rings. The van der Waals surface area contributed by atoms with Crippen LogP contribution in [-0.2, 0) is 25.7 Å². The van der Waals surface area contributed by atoms with Gasteiger partial charge in [0.1, 0.15) is 11.6 Å². The number of nitrogens with one attached hydrogen (secondary N) is 2. The molecule has 8 heteroatoms. The van der Waals surface area contributed by atoms with Gasteiger partial charge in [-0.15, -0.1) is 0 Å². The number of nitrogens with zero attached hydrogens (tertiary/aromatic N) is 1. The fourth-order valence-corrected chi connectivity index (χ4v) is 7.34. The quantitative estimate of drug-likeness (QED) is 0.511. The summed E-state index contributed by atoms with van der Waals surface area (Å²) in [4.78, 5) is 43.0. The molecule has 8 nitrogen and oxygen atoms in total. The minimum atomic E-state index is -1.05. The van der Waals surface area contributed by atoms with Gasteiger partial charge in [-0.05, 0) is 44.6 Å². The van der Waals surface area contributed by atoms with Gasteiger partial charge in [0, 0.05) is 12.6 Å². The molecule has 4 aliphatic rings. The molecule has 196 valence electrons. The van der Waals surface area contributed by atoms with Crippen LogP contribution in [-0.4, -0.2) is 63.7 Å². The number of fused-ring (bicyclic) bond motifs is 1. The van der Waals surface area contributed by atoms with Gasteiger partial charge in [-0.2, -0.15) is 0 Å². The van der Waals surface area contributed by atoms with Gasteiger partial charge >= 0.3 is 0 Å². The van der Waals surface area contributed by atoms with Crippen molar-refractivity contribution < 1.29 is 24.2 Å². The van der Waals surface area contributed by atoms with E-state index in [1.165, 1.54) is 11.3 Å². The molecule has 3 aliphatic heterocycles. The van der Waals surface area contributed by atoms with Gasteiger partial charge in [0.2, 0.25) is 17.7 Å². The third-order valence-electron chi connectivity index (χ3n) is 9.15. The first-order chi connectivity index (χ1) is 17.4. The Labute approximate surface area is 213 Å². The molecule has 3 N–H and O–H groups in total. The summed E-state index contributed by atoms with van der Waals surface area (Å²) in [5.41, 5.74) is -0.837. The number of likely N-dealkylation sites (tertiary alicyclic amines) is 1. The number of carbonyl (C=O) groups is 3. The van der Waals surface area contributed by atoms with Crippen molar-refractivity contribution in [2.75, 3.05) is 6.61 Å². The van der Waals surface area contributed by atoms with Crippen molar-refractivity contribution in [3.8, 4) is 0 Å². The lowest BCUT2D eigenvalue weighted by Crippen LogP contribution is -2.59. The summed E-state index contributed by atoms with van der Waals surface area (Å²) < 4.78 is 6.76. The van der Waals surface area contributed by atoms with Crippen molar-refractivity contribution in [1.82, 2.24) is 15.5 Å². The van der Waals surface area contributed by atoms with Crippen LogP contribution in [0.25, 0.3) is 0 Å². The number of carbonyl (C=O) groups excluding carboxylic acids is 3. The maximum Gasteiger partial charge on any atom is 0.246 e. The first-order valence-electron chi connectivity index (χ1n) is 13.6. The number of rotatable bonds is 8. The Kier molecular flexibility index (Phi) is 6.85. The van der Waals surface area contributed by atoms with Gasteiger partial charge < -0.3 is 25.4 Å². The van der Waals surface area contributed by atoms with E-state index in [0.717, 1.165) is 31.2 Å². The molecule has 36 heavy (non-hydrogen) atoms. The topological polar surface area (TPSA) is 108 Å². The Bertz CT molecular complexity index is 996. The van der Waals surface area contributed by atoms with Crippen molar-refractivity contribution in [2.45, 2.75) is 101 Å². The highest BCUT2D eigenvalue weighted by atomic mass is 16.5. The molecule has 0 radical (unpaired) electrons. The zero-order valence-corrected chi connectivity index (χ0v) is 21.4. The molecule has 3 heterocycles. The largest absolute Gasteiger partial charge is 0.394 e. The summed E-state index contributed by atoms with van der Waals surface area (Å²) in [5, 5.41) is 16.3. The number of aliphatic hydroxyl groups excluding tert-OH is 1. The van der Waals surface area contributed by atoms with E-state index in [4.69, 9.17) is 4.74 Å². The summed E-state index contributed by atoms with van der Waals surface area (Å²) in [5.74, 6) is -2.08. The third kappa shape index (κ3) is 3.93. The molecule has 5 rings (SSSR count). The van der Waals surface area contributed by atoms with Crippen LogP contribution in [0.15, 0.2) is 30.3 Å². The fraction of sp³-hybridized carbons (Fsp3) is 0.679. The first kappa shape index (κ1) is 25.2. The van der Waals surface area contributed by atoms with E-state index in [9.17, 15) is 19.5 Å². The number of aliphatic hydroxyl groups is 1. The Balaban J connectivity index is 1.46. The molecule has 1 spiro atoms. The van der Waals surface area contributed by atoms with Gasteiger partial charge in [0.05, 0.1) is 30.1 Å². The summed E-state index contributed by atoms with van der Waals surface area (Å²) >= 11 is 0. The molecule has 1 saturated carbocycles. The van der Waals surface area contributed by atoms with E-state index >= 15 is 0 Å². The van der Waals surface area contributed by atoms with Crippen molar-refractivity contribution in [2.24, 2.45) is 11.8 Å². The predicted molar refractivity (Wildman–Crippen MR) is 134 cm³/mol. The third-order valence-corrected chi connectivity index (χ3v) is 9.15. The number of ether oxygens (including phenoxy) is 1. The lowest BCUT2D eigenvalue weighted by Gasteiger charge is -2.37. The normalized spacial score (nSPS) is 34.5. The van der Waals surface area contributed by atoms with E-state index in [1.54, 1.807) is 6.92 Å². The van der Waals surface area contributed by atoms with Crippen LogP contribution in [0.4, 0.5) is 0 Å². The average molecular weight is 498 g/mol. The van der Waals surface area contributed by atoms with E-state index < -0.39 is 35.1 Å². The zero-order valence-electron chi connectivity index (χ0n) is 21.4. The molecule has 1 aromatic rings.